The lowest BCUT2D eigenvalue weighted by atomic mass is 9.97. The van der Waals surface area contributed by atoms with Crippen molar-refractivity contribution in [2.24, 2.45) is 0 Å². The minimum atomic E-state index is -0.606. The molecule has 0 N–H and O–H groups in total. The number of aryl methyl sites for hydroxylation is 2. The Morgan fingerprint density at radius 3 is 2.42 bits per heavy atom. The minimum absolute atomic E-state index is 0.0922. The fourth-order valence-corrected chi connectivity index (χ4v) is 4.77. The van der Waals surface area contributed by atoms with Gasteiger partial charge >= 0.3 is 0 Å². The molecule has 5 rings (SSSR count). The highest BCUT2D eigenvalue weighted by atomic mass is 79.9. The van der Waals surface area contributed by atoms with Crippen molar-refractivity contribution in [3.8, 4) is 5.75 Å². The van der Waals surface area contributed by atoms with Crippen LogP contribution in [0, 0.1) is 13.8 Å². The maximum Gasteiger partial charge on any atom is 0.295 e. The average Bonchev–Trinajstić information content (AvgIpc) is 3.09. The van der Waals surface area contributed by atoms with Gasteiger partial charge in [0.15, 0.2) is 5.43 Å². The molecular weight excluding hydrogens is 482 g/mol. The summed E-state index contributed by atoms with van der Waals surface area (Å²) >= 11 is 3.52. The van der Waals surface area contributed by atoms with Crippen LogP contribution < -0.4 is 15.1 Å². The fraction of sp³-hybridized carbons (Fsp3) is 0.185. The molecule has 4 aromatic rings. The zero-order chi connectivity index (χ0) is 23.3. The smallest absolute Gasteiger partial charge is 0.295 e. The second kappa shape index (κ2) is 8.19. The van der Waals surface area contributed by atoms with Gasteiger partial charge in [-0.15, -0.1) is 0 Å². The van der Waals surface area contributed by atoms with Crippen molar-refractivity contribution in [1.29, 1.82) is 0 Å². The van der Waals surface area contributed by atoms with Crippen molar-refractivity contribution in [1.82, 2.24) is 0 Å². The predicted octanol–water partition coefficient (Wildman–Crippen LogP) is 6.32. The third-order valence-corrected chi connectivity index (χ3v) is 6.57. The predicted molar refractivity (Wildman–Crippen MR) is 132 cm³/mol. The highest BCUT2D eigenvalue weighted by Gasteiger charge is 2.43. The summed E-state index contributed by atoms with van der Waals surface area (Å²) in [5, 5.41) is 0.484. The second-order valence-corrected chi connectivity index (χ2v) is 9.08. The number of benzene rings is 3. The average molecular weight is 504 g/mol. The van der Waals surface area contributed by atoms with Gasteiger partial charge in [0.05, 0.1) is 23.6 Å². The number of fused-ring (bicyclic) bond motifs is 2. The molecule has 0 saturated heterocycles. The maximum atomic E-state index is 13.7. The lowest BCUT2D eigenvalue weighted by Gasteiger charge is -2.25. The van der Waals surface area contributed by atoms with Crippen LogP contribution in [0.3, 0.4) is 0 Å². The van der Waals surface area contributed by atoms with Crippen molar-refractivity contribution in [3.63, 3.8) is 0 Å². The molecule has 1 unspecified atom stereocenters. The van der Waals surface area contributed by atoms with Crippen LogP contribution >= 0.6 is 15.9 Å². The van der Waals surface area contributed by atoms with E-state index in [1.165, 1.54) is 0 Å². The Morgan fingerprint density at radius 2 is 1.73 bits per heavy atom. The first-order valence-electron chi connectivity index (χ1n) is 10.8. The van der Waals surface area contributed by atoms with Crippen molar-refractivity contribution < 1.29 is 13.9 Å². The van der Waals surface area contributed by atoms with E-state index in [1.54, 1.807) is 4.90 Å². The number of ether oxygens (including phenoxy) is 1. The fourth-order valence-electron chi connectivity index (χ4n) is 4.36. The topological polar surface area (TPSA) is 59.8 Å². The molecule has 1 aliphatic rings. The van der Waals surface area contributed by atoms with Crippen LogP contribution in [-0.4, -0.2) is 12.5 Å². The van der Waals surface area contributed by atoms with E-state index in [4.69, 9.17) is 9.15 Å². The molecule has 1 aromatic heterocycles. The lowest BCUT2D eigenvalue weighted by Crippen LogP contribution is -2.29. The quantitative estimate of drug-likeness (QED) is 0.326. The number of carbonyl (C=O) groups excluding carboxylic acids is 1. The molecule has 0 fully saturated rings. The first-order valence-corrected chi connectivity index (χ1v) is 11.6. The highest BCUT2D eigenvalue weighted by molar-refractivity contribution is 9.10. The Labute approximate surface area is 199 Å². The van der Waals surface area contributed by atoms with Crippen molar-refractivity contribution >= 4 is 38.5 Å². The number of hydrogen-bond donors (Lipinski definition) is 0. The molecule has 5 nitrogen and oxygen atoms in total. The highest BCUT2D eigenvalue weighted by Crippen LogP contribution is 2.42. The number of rotatable bonds is 4. The van der Waals surface area contributed by atoms with Crippen LogP contribution in [0.25, 0.3) is 11.0 Å². The van der Waals surface area contributed by atoms with E-state index in [0.29, 0.717) is 28.8 Å². The van der Waals surface area contributed by atoms with E-state index in [9.17, 15) is 9.59 Å². The molecule has 2 heterocycles. The van der Waals surface area contributed by atoms with E-state index in [0.717, 1.165) is 26.9 Å². The summed E-state index contributed by atoms with van der Waals surface area (Å²) in [6.07, 6.45) is 0. The van der Waals surface area contributed by atoms with Crippen molar-refractivity contribution in [2.45, 2.75) is 26.8 Å². The minimum Gasteiger partial charge on any atom is -0.494 e. The van der Waals surface area contributed by atoms with Gasteiger partial charge in [0.25, 0.3) is 5.91 Å². The van der Waals surface area contributed by atoms with E-state index in [-0.39, 0.29) is 17.1 Å². The normalized spacial score (nSPS) is 15.2. The van der Waals surface area contributed by atoms with Crippen LogP contribution in [0.2, 0.25) is 0 Å². The molecule has 33 heavy (non-hydrogen) atoms. The molecule has 0 bridgehead atoms. The van der Waals surface area contributed by atoms with E-state index in [1.807, 2.05) is 81.4 Å². The Morgan fingerprint density at radius 1 is 1.00 bits per heavy atom. The van der Waals surface area contributed by atoms with Gasteiger partial charge in [0.1, 0.15) is 11.3 Å². The van der Waals surface area contributed by atoms with Gasteiger partial charge in [-0.2, -0.15) is 0 Å². The number of carbonyl (C=O) groups is 1. The Bertz CT molecular complexity index is 1460. The molecule has 0 saturated carbocycles. The van der Waals surface area contributed by atoms with Gasteiger partial charge in [0.2, 0.25) is 5.76 Å². The number of hydrogen-bond acceptors (Lipinski definition) is 4. The summed E-state index contributed by atoms with van der Waals surface area (Å²) < 4.78 is 12.5. The van der Waals surface area contributed by atoms with Gasteiger partial charge in [0, 0.05) is 10.2 Å². The molecule has 1 amide bonds. The maximum absolute atomic E-state index is 13.7. The lowest BCUT2D eigenvalue weighted by molar-refractivity contribution is 0.0971. The van der Waals surface area contributed by atoms with Crippen LogP contribution in [0.5, 0.6) is 5.75 Å². The number of anilines is 1. The van der Waals surface area contributed by atoms with Crippen LogP contribution in [0.4, 0.5) is 5.69 Å². The molecule has 6 heteroatoms. The van der Waals surface area contributed by atoms with Crippen LogP contribution in [0.15, 0.2) is 74.3 Å². The van der Waals surface area contributed by atoms with E-state index in [2.05, 4.69) is 15.9 Å². The monoisotopic (exact) mass is 503 g/mol. The van der Waals surface area contributed by atoms with Gasteiger partial charge in [-0.3, -0.25) is 14.5 Å². The molecule has 166 valence electrons. The SMILES string of the molecule is CCOc1ccc(N2C(=O)c3oc4cc(C)c(C)cc4c(=O)c3C2c2cccc(Br)c2)cc1. The molecule has 0 radical (unpaired) electrons. The first kappa shape index (κ1) is 21.5. The third-order valence-electron chi connectivity index (χ3n) is 6.08. The van der Waals surface area contributed by atoms with Gasteiger partial charge < -0.3 is 9.15 Å². The van der Waals surface area contributed by atoms with Crippen LogP contribution in [-0.2, 0) is 0 Å². The standard InChI is InChI=1S/C27H22BrNO4/c1-4-32-20-10-8-19(9-11-20)29-24(17-6-5-7-18(28)14-17)23-25(30)21-12-15(2)16(3)13-22(21)33-26(23)27(29)31/h5-14,24H,4H2,1-3H3. The third kappa shape index (κ3) is 3.55. The molecule has 0 aliphatic carbocycles. The molecule has 0 spiro atoms. The molecule has 1 atom stereocenters. The largest absolute Gasteiger partial charge is 0.494 e. The zero-order valence-corrected chi connectivity index (χ0v) is 20.1. The van der Waals surface area contributed by atoms with E-state index >= 15 is 0 Å². The first-order chi connectivity index (χ1) is 15.9. The Balaban J connectivity index is 1.77. The molecule has 3 aromatic carbocycles. The van der Waals surface area contributed by atoms with Crippen LogP contribution in [0.1, 0.15) is 45.8 Å². The summed E-state index contributed by atoms with van der Waals surface area (Å²) in [5.74, 6) is 0.473. The van der Waals surface area contributed by atoms with Gasteiger partial charge in [-0.1, -0.05) is 28.1 Å². The Kier molecular flexibility index (Phi) is 5.33. The van der Waals surface area contributed by atoms with Crippen molar-refractivity contribution in [2.75, 3.05) is 11.5 Å². The Hall–Kier alpha value is -3.38. The number of nitrogens with zero attached hydrogens (tertiary/aromatic N) is 1. The number of amides is 1. The summed E-state index contributed by atoms with van der Waals surface area (Å²) in [6.45, 7) is 6.39. The van der Waals surface area contributed by atoms with Gasteiger partial charge in [-0.25, -0.2) is 0 Å². The molecule has 1 aliphatic heterocycles. The number of halogens is 1. The second-order valence-electron chi connectivity index (χ2n) is 8.17. The van der Waals surface area contributed by atoms with E-state index < -0.39 is 6.04 Å². The summed E-state index contributed by atoms with van der Waals surface area (Å²) in [4.78, 5) is 29.0. The summed E-state index contributed by atoms with van der Waals surface area (Å²) in [7, 11) is 0. The summed E-state index contributed by atoms with van der Waals surface area (Å²) in [6, 6.07) is 18.0. The molecular formula is C27H22BrNO4. The zero-order valence-electron chi connectivity index (χ0n) is 18.5. The van der Waals surface area contributed by atoms with Crippen molar-refractivity contribution in [3.05, 3.63) is 103 Å². The van der Waals surface area contributed by atoms with Gasteiger partial charge in [-0.05, 0) is 86.0 Å². The summed E-state index contributed by atoms with van der Waals surface area (Å²) in [5.41, 5.74) is 4.10.